The van der Waals surface area contributed by atoms with Crippen LogP contribution in [0.25, 0.3) is 0 Å². The molecular formula is C16H17F3N2O2. The van der Waals surface area contributed by atoms with Gasteiger partial charge in [-0.05, 0) is 37.5 Å². The lowest BCUT2D eigenvalue weighted by atomic mass is 10.0. The zero-order chi connectivity index (χ0) is 17.0. The molecule has 0 aliphatic heterocycles. The number of rotatable bonds is 5. The number of alkyl halides is 3. The molecule has 0 amide bonds. The fourth-order valence-corrected chi connectivity index (χ4v) is 2.26. The van der Waals surface area contributed by atoms with Gasteiger partial charge in [-0.15, -0.1) is 0 Å². The van der Waals surface area contributed by atoms with Gasteiger partial charge in [-0.3, -0.25) is 4.68 Å². The molecule has 0 spiro atoms. The molecule has 0 saturated carbocycles. The van der Waals surface area contributed by atoms with Crippen LogP contribution in [0.5, 0.6) is 0 Å². The number of aromatic nitrogens is 2. The van der Waals surface area contributed by atoms with Gasteiger partial charge in [-0.25, -0.2) is 4.79 Å². The molecule has 124 valence electrons. The molecule has 23 heavy (non-hydrogen) atoms. The van der Waals surface area contributed by atoms with Gasteiger partial charge >= 0.3 is 12.1 Å². The third kappa shape index (κ3) is 4.12. The molecule has 0 aliphatic carbocycles. The summed E-state index contributed by atoms with van der Waals surface area (Å²) in [5, 5.41) is 4.05. The summed E-state index contributed by atoms with van der Waals surface area (Å²) in [6.45, 7) is 1.99. The van der Waals surface area contributed by atoms with E-state index in [1.165, 1.54) is 18.3 Å². The first-order valence-electron chi connectivity index (χ1n) is 7.17. The largest absolute Gasteiger partial charge is 0.462 e. The van der Waals surface area contributed by atoms with Crippen molar-refractivity contribution in [3.63, 3.8) is 0 Å². The van der Waals surface area contributed by atoms with E-state index in [9.17, 15) is 18.0 Å². The zero-order valence-electron chi connectivity index (χ0n) is 12.9. The number of nitrogens with zero attached hydrogens (tertiary/aromatic N) is 2. The van der Waals surface area contributed by atoms with E-state index in [4.69, 9.17) is 4.74 Å². The number of benzene rings is 1. The van der Waals surface area contributed by atoms with Crippen LogP contribution >= 0.6 is 0 Å². The Morgan fingerprint density at radius 3 is 2.43 bits per heavy atom. The summed E-state index contributed by atoms with van der Waals surface area (Å²) in [5.74, 6) is -0.442. The minimum Gasteiger partial charge on any atom is -0.462 e. The molecule has 0 bridgehead atoms. The molecule has 1 aromatic carbocycles. The standard InChI is InChI=1S/C16H17F3N2O2/c1-3-23-15(22)13-10-20-21(2)14(13)9-6-11-4-7-12(8-5-11)16(17,18)19/h4-5,7-8,10H,3,6,9H2,1-2H3. The van der Waals surface area contributed by atoms with E-state index in [0.29, 0.717) is 24.1 Å². The Balaban J connectivity index is 2.09. The average molecular weight is 326 g/mol. The van der Waals surface area contributed by atoms with Gasteiger partial charge in [0.2, 0.25) is 0 Å². The highest BCUT2D eigenvalue weighted by Crippen LogP contribution is 2.29. The van der Waals surface area contributed by atoms with Crippen LogP contribution in [0.4, 0.5) is 13.2 Å². The van der Waals surface area contributed by atoms with Crippen molar-refractivity contribution < 1.29 is 22.7 Å². The van der Waals surface area contributed by atoms with Gasteiger partial charge in [0.15, 0.2) is 0 Å². The monoisotopic (exact) mass is 326 g/mol. The second kappa shape index (κ2) is 6.85. The molecule has 0 atom stereocenters. The van der Waals surface area contributed by atoms with Crippen LogP contribution < -0.4 is 0 Å². The van der Waals surface area contributed by atoms with Crippen molar-refractivity contribution in [3.8, 4) is 0 Å². The molecule has 0 aliphatic rings. The fraction of sp³-hybridized carbons (Fsp3) is 0.375. The van der Waals surface area contributed by atoms with Crippen molar-refractivity contribution in [3.05, 3.63) is 52.8 Å². The minimum absolute atomic E-state index is 0.270. The number of aryl methyl sites for hydroxylation is 2. The molecule has 0 unspecified atom stereocenters. The maximum absolute atomic E-state index is 12.5. The molecule has 1 heterocycles. The molecule has 0 fully saturated rings. The predicted molar refractivity (Wildman–Crippen MR) is 78.0 cm³/mol. The molecule has 0 N–H and O–H groups in total. The molecule has 0 saturated heterocycles. The molecule has 4 nitrogen and oxygen atoms in total. The van der Waals surface area contributed by atoms with Crippen LogP contribution in [0.3, 0.4) is 0 Å². The summed E-state index contributed by atoms with van der Waals surface area (Å²) in [7, 11) is 1.71. The number of hydrogen-bond donors (Lipinski definition) is 0. The second-order valence-electron chi connectivity index (χ2n) is 5.04. The summed E-state index contributed by atoms with van der Waals surface area (Å²) in [4.78, 5) is 11.8. The van der Waals surface area contributed by atoms with Gasteiger partial charge in [0, 0.05) is 7.05 Å². The summed E-state index contributed by atoms with van der Waals surface area (Å²) >= 11 is 0. The lowest BCUT2D eigenvalue weighted by Crippen LogP contribution is -2.10. The van der Waals surface area contributed by atoms with Crippen LogP contribution in [0.1, 0.15) is 34.1 Å². The second-order valence-corrected chi connectivity index (χ2v) is 5.04. The number of halogens is 3. The Bertz CT molecular complexity index is 676. The summed E-state index contributed by atoms with van der Waals surface area (Å²) in [6.07, 6.45) is -1.90. The highest BCUT2D eigenvalue weighted by molar-refractivity contribution is 5.90. The van der Waals surface area contributed by atoms with Crippen LogP contribution in [0.15, 0.2) is 30.5 Å². The normalized spacial score (nSPS) is 11.5. The Morgan fingerprint density at radius 2 is 1.87 bits per heavy atom. The smallest absolute Gasteiger partial charge is 0.416 e. The number of carbonyl (C=O) groups excluding carboxylic acids is 1. The van der Waals surface area contributed by atoms with Crippen LogP contribution in [-0.4, -0.2) is 22.4 Å². The van der Waals surface area contributed by atoms with Crippen molar-refractivity contribution in [2.75, 3.05) is 6.61 Å². The van der Waals surface area contributed by atoms with Crippen molar-refractivity contribution >= 4 is 5.97 Å². The van der Waals surface area contributed by atoms with E-state index in [0.717, 1.165) is 17.7 Å². The van der Waals surface area contributed by atoms with Crippen LogP contribution in [0.2, 0.25) is 0 Å². The van der Waals surface area contributed by atoms with Gasteiger partial charge in [0.05, 0.1) is 24.1 Å². The van der Waals surface area contributed by atoms with Gasteiger partial charge < -0.3 is 4.74 Å². The summed E-state index contributed by atoms with van der Waals surface area (Å²) < 4.78 is 44.1. The third-order valence-electron chi connectivity index (χ3n) is 3.49. The zero-order valence-corrected chi connectivity index (χ0v) is 12.9. The SMILES string of the molecule is CCOC(=O)c1cnn(C)c1CCc1ccc(C(F)(F)F)cc1. The molecule has 2 rings (SSSR count). The molecule has 0 radical (unpaired) electrons. The Labute approximate surface area is 131 Å². The first-order chi connectivity index (χ1) is 10.8. The maximum Gasteiger partial charge on any atom is 0.416 e. The van der Waals surface area contributed by atoms with Crippen molar-refractivity contribution in [1.82, 2.24) is 9.78 Å². The molecule has 7 heteroatoms. The topological polar surface area (TPSA) is 44.1 Å². The number of hydrogen-bond acceptors (Lipinski definition) is 3. The lowest BCUT2D eigenvalue weighted by molar-refractivity contribution is -0.137. The molecular weight excluding hydrogens is 309 g/mol. The van der Waals surface area contributed by atoms with Gasteiger partial charge in [-0.2, -0.15) is 18.3 Å². The Hall–Kier alpha value is -2.31. The lowest BCUT2D eigenvalue weighted by Gasteiger charge is -2.09. The number of esters is 1. The van der Waals surface area contributed by atoms with Crippen molar-refractivity contribution in [2.45, 2.75) is 25.9 Å². The van der Waals surface area contributed by atoms with E-state index in [1.807, 2.05) is 0 Å². The summed E-state index contributed by atoms with van der Waals surface area (Å²) in [5.41, 5.74) is 1.17. The van der Waals surface area contributed by atoms with Gasteiger partial charge in [0.25, 0.3) is 0 Å². The van der Waals surface area contributed by atoms with E-state index in [2.05, 4.69) is 5.10 Å². The Morgan fingerprint density at radius 1 is 1.22 bits per heavy atom. The van der Waals surface area contributed by atoms with E-state index in [1.54, 1.807) is 18.7 Å². The first-order valence-corrected chi connectivity index (χ1v) is 7.17. The van der Waals surface area contributed by atoms with E-state index >= 15 is 0 Å². The van der Waals surface area contributed by atoms with Crippen molar-refractivity contribution in [2.24, 2.45) is 7.05 Å². The van der Waals surface area contributed by atoms with E-state index < -0.39 is 17.7 Å². The maximum atomic E-state index is 12.5. The highest BCUT2D eigenvalue weighted by Gasteiger charge is 2.29. The molecule has 1 aromatic heterocycles. The quantitative estimate of drug-likeness (QED) is 0.791. The average Bonchev–Trinajstić information content (AvgIpc) is 2.86. The number of ether oxygens (including phenoxy) is 1. The predicted octanol–water partition coefficient (Wildman–Crippen LogP) is 3.40. The van der Waals surface area contributed by atoms with Crippen molar-refractivity contribution in [1.29, 1.82) is 0 Å². The third-order valence-corrected chi connectivity index (χ3v) is 3.49. The highest BCUT2D eigenvalue weighted by atomic mass is 19.4. The van der Waals surface area contributed by atoms with Crippen LogP contribution in [0, 0.1) is 0 Å². The minimum atomic E-state index is -4.34. The van der Waals surface area contributed by atoms with Crippen LogP contribution in [-0.2, 0) is 30.8 Å². The van der Waals surface area contributed by atoms with Gasteiger partial charge in [0.1, 0.15) is 5.56 Å². The fourth-order valence-electron chi connectivity index (χ4n) is 2.26. The Kier molecular flexibility index (Phi) is 5.08. The molecule has 2 aromatic rings. The summed E-state index contributed by atoms with van der Waals surface area (Å²) in [6, 6.07) is 5.02. The first kappa shape index (κ1) is 17.1. The van der Waals surface area contributed by atoms with Gasteiger partial charge in [-0.1, -0.05) is 12.1 Å². The van der Waals surface area contributed by atoms with E-state index in [-0.39, 0.29) is 6.61 Å². The number of carbonyl (C=O) groups is 1.